The molecule has 0 aromatic heterocycles. The Balaban J connectivity index is 1.63. The predicted molar refractivity (Wildman–Crippen MR) is 72.2 cm³/mol. The third-order valence-electron chi connectivity index (χ3n) is 4.40. The van der Waals surface area contributed by atoms with Gasteiger partial charge in [0.05, 0.1) is 6.04 Å². The fourth-order valence-electron chi connectivity index (χ4n) is 3.37. The lowest BCUT2D eigenvalue weighted by molar-refractivity contribution is 0.160. The lowest BCUT2D eigenvalue weighted by Gasteiger charge is -2.25. The van der Waals surface area contributed by atoms with Gasteiger partial charge in [-0.1, -0.05) is 43.9 Å². The van der Waals surface area contributed by atoms with Gasteiger partial charge in [-0.25, -0.2) is 0 Å². The Hall–Kier alpha value is -1.06. The zero-order chi connectivity index (χ0) is 12.4. The number of hydrogen-bond donors (Lipinski definition) is 2. The van der Waals surface area contributed by atoms with E-state index in [4.69, 9.17) is 10.6 Å². The molecule has 0 bridgehead atoms. The third-order valence-corrected chi connectivity index (χ3v) is 4.40. The molecular weight excluding hydrogens is 224 g/mol. The molecule has 0 radical (unpaired) electrons. The van der Waals surface area contributed by atoms with Crippen LogP contribution in [0.1, 0.15) is 37.7 Å². The lowest BCUT2D eigenvalue weighted by atomic mass is 9.93. The molecule has 0 spiro atoms. The molecule has 3 N–H and O–H groups in total. The molecule has 1 aromatic carbocycles. The van der Waals surface area contributed by atoms with E-state index in [1.807, 2.05) is 6.07 Å². The smallest absolute Gasteiger partial charge is 0.123 e. The van der Waals surface area contributed by atoms with Gasteiger partial charge in [0.25, 0.3) is 0 Å². The molecule has 1 fully saturated rings. The number of ether oxygens (including phenoxy) is 1. The maximum absolute atomic E-state index is 6.03. The van der Waals surface area contributed by atoms with Gasteiger partial charge in [-0.2, -0.15) is 0 Å². The highest BCUT2D eigenvalue weighted by atomic mass is 16.5. The minimum Gasteiger partial charge on any atom is -0.488 e. The Labute approximate surface area is 109 Å². The second-order valence-corrected chi connectivity index (χ2v) is 5.63. The Morgan fingerprint density at radius 2 is 2.06 bits per heavy atom. The van der Waals surface area contributed by atoms with Crippen molar-refractivity contribution in [2.24, 2.45) is 11.8 Å². The third kappa shape index (κ3) is 2.38. The van der Waals surface area contributed by atoms with E-state index < -0.39 is 0 Å². The molecule has 0 amide bonds. The van der Waals surface area contributed by atoms with Crippen LogP contribution in [-0.2, 0) is 6.42 Å². The number of nitrogens with two attached hydrogens (primary N) is 1. The highest BCUT2D eigenvalue weighted by Gasteiger charge is 2.31. The molecule has 2 atom stereocenters. The zero-order valence-electron chi connectivity index (χ0n) is 10.8. The zero-order valence-corrected chi connectivity index (χ0v) is 10.8. The number of rotatable bonds is 4. The molecule has 3 rings (SSSR count). The number of benzene rings is 1. The first-order chi connectivity index (χ1) is 8.86. The van der Waals surface area contributed by atoms with Gasteiger partial charge >= 0.3 is 0 Å². The van der Waals surface area contributed by atoms with E-state index in [9.17, 15) is 0 Å². The van der Waals surface area contributed by atoms with Gasteiger partial charge < -0.3 is 4.74 Å². The van der Waals surface area contributed by atoms with Gasteiger partial charge in [0, 0.05) is 6.42 Å². The lowest BCUT2D eigenvalue weighted by Crippen LogP contribution is -2.47. The summed E-state index contributed by atoms with van der Waals surface area (Å²) in [6.45, 7) is 0. The maximum Gasteiger partial charge on any atom is 0.123 e. The average molecular weight is 246 g/mol. The topological polar surface area (TPSA) is 47.3 Å². The Morgan fingerprint density at radius 3 is 2.78 bits per heavy atom. The highest BCUT2D eigenvalue weighted by molar-refractivity contribution is 5.37. The van der Waals surface area contributed by atoms with Crippen molar-refractivity contribution in [1.29, 1.82) is 0 Å². The standard InChI is InChI=1S/C15H22N2O/c16-17-13(9-11-5-1-2-6-11)15-10-12-7-3-4-8-14(12)18-15/h3-4,7-8,11,13,15,17H,1-2,5-6,9-10,16H2. The molecule has 1 aromatic rings. The van der Waals surface area contributed by atoms with Crippen molar-refractivity contribution in [3.05, 3.63) is 29.8 Å². The quantitative estimate of drug-likeness (QED) is 0.633. The number of hydrazine groups is 1. The van der Waals surface area contributed by atoms with Crippen LogP contribution in [0, 0.1) is 5.92 Å². The SMILES string of the molecule is NNC(CC1CCCC1)C1Cc2ccccc2O1. The van der Waals surface area contributed by atoms with E-state index in [2.05, 4.69) is 23.6 Å². The minimum absolute atomic E-state index is 0.202. The fourth-order valence-corrected chi connectivity index (χ4v) is 3.37. The molecule has 2 aliphatic rings. The van der Waals surface area contributed by atoms with Crippen LogP contribution in [0.15, 0.2) is 24.3 Å². The van der Waals surface area contributed by atoms with E-state index >= 15 is 0 Å². The summed E-state index contributed by atoms with van der Waals surface area (Å²) >= 11 is 0. The Morgan fingerprint density at radius 1 is 1.28 bits per heavy atom. The summed E-state index contributed by atoms with van der Waals surface area (Å²) in [4.78, 5) is 0. The van der Waals surface area contributed by atoms with E-state index in [1.54, 1.807) is 0 Å². The molecule has 1 heterocycles. The van der Waals surface area contributed by atoms with Crippen LogP contribution in [0.2, 0.25) is 0 Å². The summed E-state index contributed by atoms with van der Waals surface area (Å²) in [5.74, 6) is 7.60. The number of nitrogens with one attached hydrogen (secondary N) is 1. The van der Waals surface area contributed by atoms with Crippen LogP contribution in [0.25, 0.3) is 0 Å². The molecule has 98 valence electrons. The van der Waals surface area contributed by atoms with Crippen molar-refractivity contribution < 1.29 is 4.74 Å². The van der Waals surface area contributed by atoms with Crippen molar-refractivity contribution in [2.45, 2.75) is 50.7 Å². The largest absolute Gasteiger partial charge is 0.488 e. The number of para-hydroxylation sites is 1. The van der Waals surface area contributed by atoms with E-state index in [-0.39, 0.29) is 12.1 Å². The summed E-state index contributed by atoms with van der Waals surface area (Å²) in [5, 5.41) is 0. The van der Waals surface area contributed by atoms with Crippen molar-refractivity contribution in [1.82, 2.24) is 5.43 Å². The second-order valence-electron chi connectivity index (χ2n) is 5.63. The number of hydrogen-bond acceptors (Lipinski definition) is 3. The van der Waals surface area contributed by atoms with Gasteiger partial charge in [0.1, 0.15) is 11.9 Å². The van der Waals surface area contributed by atoms with Crippen molar-refractivity contribution >= 4 is 0 Å². The molecule has 1 saturated carbocycles. The summed E-state index contributed by atoms with van der Waals surface area (Å²) < 4.78 is 6.03. The summed E-state index contributed by atoms with van der Waals surface area (Å²) in [6, 6.07) is 8.59. The highest BCUT2D eigenvalue weighted by Crippen LogP contribution is 2.33. The minimum atomic E-state index is 0.202. The summed E-state index contributed by atoms with van der Waals surface area (Å²) in [6.07, 6.45) is 7.82. The Kier molecular flexibility index (Phi) is 3.52. The van der Waals surface area contributed by atoms with Crippen LogP contribution in [0.5, 0.6) is 5.75 Å². The maximum atomic E-state index is 6.03. The van der Waals surface area contributed by atoms with Crippen LogP contribution in [-0.4, -0.2) is 12.1 Å². The molecule has 3 heteroatoms. The van der Waals surface area contributed by atoms with Crippen LogP contribution < -0.4 is 16.0 Å². The second kappa shape index (κ2) is 5.29. The average Bonchev–Trinajstić information content (AvgIpc) is 3.04. The van der Waals surface area contributed by atoms with Gasteiger partial charge in [-0.15, -0.1) is 0 Å². The van der Waals surface area contributed by atoms with E-state index in [0.29, 0.717) is 0 Å². The molecule has 0 saturated heterocycles. The van der Waals surface area contributed by atoms with Crippen molar-refractivity contribution in [2.75, 3.05) is 0 Å². The predicted octanol–water partition coefficient (Wildman–Crippen LogP) is 2.40. The normalized spacial score (nSPS) is 24.8. The summed E-state index contributed by atoms with van der Waals surface area (Å²) in [5.41, 5.74) is 4.29. The van der Waals surface area contributed by atoms with Crippen LogP contribution in [0.3, 0.4) is 0 Å². The summed E-state index contributed by atoms with van der Waals surface area (Å²) in [7, 11) is 0. The first-order valence-corrected chi connectivity index (χ1v) is 7.07. The van der Waals surface area contributed by atoms with Crippen LogP contribution in [0.4, 0.5) is 0 Å². The van der Waals surface area contributed by atoms with Gasteiger partial charge in [-0.3, -0.25) is 11.3 Å². The monoisotopic (exact) mass is 246 g/mol. The van der Waals surface area contributed by atoms with Gasteiger partial charge in [-0.05, 0) is 24.0 Å². The van der Waals surface area contributed by atoms with Gasteiger partial charge in [0.15, 0.2) is 0 Å². The molecule has 18 heavy (non-hydrogen) atoms. The molecule has 1 aliphatic carbocycles. The van der Waals surface area contributed by atoms with E-state index in [1.165, 1.54) is 31.2 Å². The number of fused-ring (bicyclic) bond motifs is 1. The molecule has 1 aliphatic heterocycles. The van der Waals surface area contributed by atoms with Crippen molar-refractivity contribution in [3.63, 3.8) is 0 Å². The molecular formula is C15H22N2O. The molecule has 2 unspecified atom stereocenters. The fraction of sp³-hybridized carbons (Fsp3) is 0.600. The van der Waals surface area contributed by atoms with Crippen LogP contribution >= 0.6 is 0 Å². The first kappa shape index (κ1) is 12.0. The molecule has 3 nitrogen and oxygen atoms in total. The first-order valence-electron chi connectivity index (χ1n) is 7.07. The van der Waals surface area contributed by atoms with Gasteiger partial charge in [0.2, 0.25) is 0 Å². The Bertz CT molecular complexity index is 376. The van der Waals surface area contributed by atoms with E-state index in [0.717, 1.165) is 24.5 Å². The van der Waals surface area contributed by atoms with Crippen molar-refractivity contribution in [3.8, 4) is 5.75 Å².